The number of aliphatic hydroxyl groups excluding tert-OH is 1. The van der Waals surface area contributed by atoms with Crippen LogP contribution in [0.4, 0.5) is 4.79 Å². The summed E-state index contributed by atoms with van der Waals surface area (Å²) in [6.07, 6.45) is 6.54. The number of imidazole rings is 1. The SMILES string of the molecule is C.CC(Cc1nc2ccccc2[nH]1)(NC(=O)OC1CCC2CCCC1C2)C(=O)NC(CO)Cc1ccccc1. The zero-order valence-electron chi connectivity index (χ0n) is 22.0. The fourth-order valence-electron chi connectivity index (χ4n) is 6.13. The number of nitrogens with zero attached hydrogens (tertiary/aromatic N) is 1. The van der Waals surface area contributed by atoms with Gasteiger partial charge in [0.15, 0.2) is 0 Å². The van der Waals surface area contributed by atoms with Crippen LogP contribution in [0.15, 0.2) is 54.6 Å². The zero-order chi connectivity index (χ0) is 26.5. The van der Waals surface area contributed by atoms with Crippen LogP contribution in [0.1, 0.15) is 64.3 Å². The second-order valence-corrected chi connectivity index (χ2v) is 11.2. The Bertz CT molecular complexity index is 1210. The molecule has 1 aromatic heterocycles. The van der Waals surface area contributed by atoms with Gasteiger partial charge in [-0.1, -0.05) is 62.7 Å². The molecule has 0 aliphatic heterocycles. The second kappa shape index (κ2) is 12.6. The topological polar surface area (TPSA) is 116 Å². The van der Waals surface area contributed by atoms with Crippen LogP contribution in [0.5, 0.6) is 0 Å². The molecule has 1 heterocycles. The Balaban J connectivity index is 0.00000353. The molecular weight excluding hydrogens is 492 g/mol. The highest BCUT2D eigenvalue weighted by Gasteiger charge is 2.40. The highest BCUT2D eigenvalue weighted by atomic mass is 16.6. The maximum atomic E-state index is 13.7. The van der Waals surface area contributed by atoms with E-state index in [1.807, 2.05) is 54.6 Å². The number of carbonyl (C=O) groups excluding carboxylic acids is 2. The van der Waals surface area contributed by atoms with E-state index in [2.05, 4.69) is 20.6 Å². The van der Waals surface area contributed by atoms with Crippen molar-refractivity contribution >= 4 is 23.0 Å². The number of aromatic amines is 1. The smallest absolute Gasteiger partial charge is 0.408 e. The number of benzene rings is 2. The van der Waals surface area contributed by atoms with Crippen LogP contribution in [0.3, 0.4) is 0 Å². The van der Waals surface area contributed by atoms with Gasteiger partial charge in [0.25, 0.3) is 0 Å². The summed E-state index contributed by atoms with van der Waals surface area (Å²) >= 11 is 0. The van der Waals surface area contributed by atoms with Crippen LogP contribution in [-0.2, 0) is 22.4 Å². The number of para-hydroxylation sites is 2. The molecule has 8 nitrogen and oxygen atoms in total. The van der Waals surface area contributed by atoms with Crippen LogP contribution in [-0.4, -0.2) is 51.4 Å². The van der Waals surface area contributed by atoms with Gasteiger partial charge in [-0.25, -0.2) is 9.78 Å². The number of carbonyl (C=O) groups is 2. The van der Waals surface area contributed by atoms with Crippen molar-refractivity contribution in [2.45, 2.75) is 83.4 Å². The third-order valence-corrected chi connectivity index (χ3v) is 8.19. The molecule has 5 unspecified atom stereocenters. The number of hydrogen-bond acceptors (Lipinski definition) is 5. The predicted octanol–water partition coefficient (Wildman–Crippen LogP) is 4.92. The van der Waals surface area contributed by atoms with Crippen LogP contribution in [0.25, 0.3) is 11.0 Å². The van der Waals surface area contributed by atoms with Crippen LogP contribution in [0.2, 0.25) is 0 Å². The number of H-pyrrole nitrogens is 1. The number of fused-ring (bicyclic) bond motifs is 3. The standard InChI is InChI=1S/C30H38N4O4.CH4/c1-30(18-27-32-24-12-5-6-13-25(24)33-27,28(36)31-23(19-35)17-20-8-3-2-4-9-20)34-29(37)38-26-15-14-21-10-7-11-22(26)16-21;/h2-6,8-9,12-13,21-23,26,35H,7,10-11,14-19H2,1H3,(H,31,36)(H,32,33)(H,34,37);1H4. The Kier molecular flexibility index (Phi) is 9.28. The van der Waals surface area contributed by atoms with Crippen molar-refractivity contribution < 1.29 is 19.4 Å². The first-order valence-electron chi connectivity index (χ1n) is 13.8. The lowest BCUT2D eigenvalue weighted by Gasteiger charge is -2.40. The van der Waals surface area contributed by atoms with E-state index in [9.17, 15) is 14.7 Å². The van der Waals surface area contributed by atoms with Crippen LogP contribution in [0, 0.1) is 11.8 Å². The third-order valence-electron chi connectivity index (χ3n) is 8.19. The van der Waals surface area contributed by atoms with Crippen molar-refractivity contribution in [3.63, 3.8) is 0 Å². The normalized spacial score (nSPS) is 22.7. The predicted molar refractivity (Wildman–Crippen MR) is 152 cm³/mol. The van der Waals surface area contributed by atoms with E-state index in [1.165, 1.54) is 12.8 Å². The zero-order valence-corrected chi connectivity index (χ0v) is 22.0. The van der Waals surface area contributed by atoms with Crippen molar-refractivity contribution in [2.24, 2.45) is 11.8 Å². The molecule has 8 heteroatoms. The minimum Gasteiger partial charge on any atom is -0.446 e. The molecule has 2 fully saturated rings. The first kappa shape index (κ1) is 28.6. The first-order valence-corrected chi connectivity index (χ1v) is 13.8. The number of rotatable bonds is 9. The maximum absolute atomic E-state index is 13.7. The van der Waals surface area contributed by atoms with E-state index in [4.69, 9.17) is 4.74 Å². The first-order chi connectivity index (χ1) is 18.4. The number of aliphatic hydroxyl groups is 1. The number of nitrogens with one attached hydrogen (secondary N) is 3. The van der Waals surface area contributed by atoms with E-state index in [0.717, 1.165) is 48.2 Å². The number of aromatic nitrogens is 2. The van der Waals surface area contributed by atoms with Gasteiger partial charge < -0.3 is 25.5 Å². The Morgan fingerprint density at radius 3 is 2.64 bits per heavy atom. The van der Waals surface area contributed by atoms with E-state index in [1.54, 1.807) is 6.92 Å². The highest BCUT2D eigenvalue weighted by molar-refractivity contribution is 5.90. The molecule has 39 heavy (non-hydrogen) atoms. The second-order valence-electron chi connectivity index (χ2n) is 11.2. The average molecular weight is 535 g/mol. The van der Waals surface area contributed by atoms with Crippen molar-refractivity contribution in [2.75, 3.05) is 6.61 Å². The van der Waals surface area contributed by atoms with Gasteiger partial charge >= 0.3 is 6.09 Å². The minimum absolute atomic E-state index is 0. The lowest BCUT2D eigenvalue weighted by atomic mass is 9.71. The molecule has 2 amide bonds. The van der Waals surface area contributed by atoms with Crippen molar-refractivity contribution in [1.29, 1.82) is 0 Å². The summed E-state index contributed by atoms with van der Waals surface area (Å²) in [4.78, 5) is 34.8. The van der Waals surface area contributed by atoms with Crippen molar-refractivity contribution in [3.05, 3.63) is 66.0 Å². The van der Waals surface area contributed by atoms with Crippen molar-refractivity contribution in [1.82, 2.24) is 20.6 Å². The molecule has 2 bridgehead atoms. The number of amides is 2. The number of alkyl carbamates (subject to hydrolysis) is 1. The minimum atomic E-state index is -1.35. The molecule has 0 spiro atoms. The van der Waals surface area contributed by atoms with Gasteiger partial charge in [-0.15, -0.1) is 0 Å². The average Bonchev–Trinajstić information content (AvgIpc) is 3.32. The molecule has 2 saturated carbocycles. The van der Waals surface area contributed by atoms with Gasteiger partial charge in [-0.05, 0) is 68.6 Å². The van der Waals surface area contributed by atoms with Gasteiger partial charge in [0.2, 0.25) is 5.91 Å². The lowest BCUT2D eigenvalue weighted by Crippen LogP contribution is -2.61. The molecule has 0 radical (unpaired) electrons. The Morgan fingerprint density at radius 2 is 1.87 bits per heavy atom. The van der Waals surface area contributed by atoms with Crippen LogP contribution >= 0.6 is 0 Å². The van der Waals surface area contributed by atoms with Gasteiger partial charge in [0.1, 0.15) is 17.5 Å². The van der Waals surface area contributed by atoms with E-state index in [0.29, 0.717) is 18.2 Å². The van der Waals surface area contributed by atoms with Crippen LogP contribution < -0.4 is 10.6 Å². The number of ether oxygens (including phenoxy) is 1. The van der Waals surface area contributed by atoms with E-state index >= 15 is 0 Å². The maximum Gasteiger partial charge on any atom is 0.408 e. The Morgan fingerprint density at radius 1 is 1.10 bits per heavy atom. The molecule has 4 N–H and O–H groups in total. The Labute approximate surface area is 230 Å². The van der Waals surface area contributed by atoms with Gasteiger partial charge in [-0.2, -0.15) is 0 Å². The Hall–Kier alpha value is -3.39. The summed E-state index contributed by atoms with van der Waals surface area (Å²) in [7, 11) is 0. The molecule has 2 aliphatic carbocycles. The summed E-state index contributed by atoms with van der Waals surface area (Å²) in [5.74, 6) is 1.33. The fourth-order valence-corrected chi connectivity index (χ4v) is 6.13. The molecule has 2 aromatic carbocycles. The summed E-state index contributed by atoms with van der Waals surface area (Å²) in [6.45, 7) is 1.46. The molecule has 5 rings (SSSR count). The third kappa shape index (κ3) is 6.98. The van der Waals surface area contributed by atoms with Gasteiger partial charge in [0.05, 0.1) is 23.7 Å². The molecule has 0 saturated heterocycles. The van der Waals surface area contributed by atoms with Gasteiger partial charge in [0, 0.05) is 6.42 Å². The molecule has 3 aromatic rings. The van der Waals surface area contributed by atoms with Gasteiger partial charge in [-0.3, -0.25) is 4.79 Å². The summed E-state index contributed by atoms with van der Waals surface area (Å²) in [6, 6.07) is 16.8. The lowest BCUT2D eigenvalue weighted by molar-refractivity contribution is -0.128. The number of hydrogen-bond donors (Lipinski definition) is 4. The summed E-state index contributed by atoms with van der Waals surface area (Å²) < 4.78 is 5.94. The molecule has 2 aliphatic rings. The molecule has 5 atom stereocenters. The van der Waals surface area contributed by atoms with Crippen molar-refractivity contribution in [3.8, 4) is 0 Å². The summed E-state index contributed by atoms with van der Waals surface area (Å²) in [5, 5.41) is 15.9. The summed E-state index contributed by atoms with van der Waals surface area (Å²) in [5.41, 5.74) is 1.30. The monoisotopic (exact) mass is 534 g/mol. The molecule has 210 valence electrons. The highest BCUT2D eigenvalue weighted by Crippen LogP contribution is 2.41. The van der Waals surface area contributed by atoms with E-state index < -0.39 is 23.6 Å². The molecular formula is C31H42N4O4. The quantitative estimate of drug-likeness (QED) is 0.311. The van der Waals surface area contributed by atoms with E-state index in [-0.39, 0.29) is 26.6 Å². The largest absolute Gasteiger partial charge is 0.446 e. The fraction of sp³-hybridized carbons (Fsp3) is 0.516.